The molecule has 14 heavy (non-hydrogen) atoms. The Hall–Kier alpha value is -0.760. The Kier molecular flexibility index (Phi) is 4.74. The van der Waals surface area contributed by atoms with Crippen LogP contribution in [0.25, 0.3) is 0 Å². The van der Waals surface area contributed by atoms with Crippen molar-refractivity contribution in [1.82, 2.24) is 0 Å². The van der Waals surface area contributed by atoms with Crippen molar-refractivity contribution in [1.29, 1.82) is 0 Å². The average molecular weight is 208 g/mol. The quantitative estimate of drug-likeness (QED) is 0.690. The molecule has 0 saturated heterocycles. The van der Waals surface area contributed by atoms with Crippen molar-refractivity contribution in [3.8, 4) is 0 Å². The first-order valence-corrected chi connectivity index (χ1v) is 5.89. The molecule has 0 unspecified atom stereocenters. The van der Waals surface area contributed by atoms with E-state index in [1.54, 1.807) is 11.8 Å². The molecule has 0 saturated carbocycles. The summed E-state index contributed by atoms with van der Waals surface area (Å²) in [7, 11) is 0. The van der Waals surface area contributed by atoms with E-state index in [-0.39, 0.29) is 5.92 Å². The molecule has 0 spiro atoms. The second-order valence-electron chi connectivity index (χ2n) is 3.53. The Bertz CT molecular complexity index is 280. The van der Waals surface area contributed by atoms with Gasteiger partial charge in [-0.15, -0.1) is 11.8 Å². The fraction of sp³-hybridized carbons (Fsp3) is 0.417. The molecule has 0 bridgehead atoms. The fourth-order valence-electron chi connectivity index (χ4n) is 1.07. The molecule has 0 aromatic heterocycles. The molecule has 0 fully saturated rings. The Balaban J connectivity index is 2.26. The van der Waals surface area contributed by atoms with Crippen LogP contribution in [-0.2, 0) is 4.79 Å². The summed E-state index contributed by atoms with van der Waals surface area (Å²) in [5.41, 5.74) is 0. The highest BCUT2D eigenvalue weighted by atomic mass is 32.2. The lowest BCUT2D eigenvalue weighted by Gasteiger charge is -2.03. The second kappa shape index (κ2) is 5.86. The summed E-state index contributed by atoms with van der Waals surface area (Å²) in [5, 5.41) is 0. The second-order valence-corrected chi connectivity index (χ2v) is 4.70. The van der Waals surface area contributed by atoms with E-state index in [1.807, 2.05) is 32.0 Å². The van der Waals surface area contributed by atoms with Crippen LogP contribution < -0.4 is 0 Å². The van der Waals surface area contributed by atoms with Gasteiger partial charge in [0.2, 0.25) is 0 Å². The van der Waals surface area contributed by atoms with Crippen molar-refractivity contribution in [3.05, 3.63) is 30.3 Å². The minimum atomic E-state index is 0.173. The van der Waals surface area contributed by atoms with E-state index in [1.165, 1.54) is 4.90 Å². The van der Waals surface area contributed by atoms with E-state index in [4.69, 9.17) is 0 Å². The maximum Gasteiger partial charge on any atom is 0.136 e. The molecule has 0 atom stereocenters. The summed E-state index contributed by atoms with van der Waals surface area (Å²) in [6, 6.07) is 10.2. The van der Waals surface area contributed by atoms with Crippen LogP contribution >= 0.6 is 11.8 Å². The molecule has 0 radical (unpaired) electrons. The smallest absolute Gasteiger partial charge is 0.136 e. The zero-order valence-corrected chi connectivity index (χ0v) is 9.51. The summed E-state index contributed by atoms with van der Waals surface area (Å²) < 4.78 is 0. The molecule has 1 nitrogen and oxygen atoms in total. The first kappa shape index (κ1) is 11.3. The predicted octanol–water partition coefficient (Wildman–Crippen LogP) is 3.39. The van der Waals surface area contributed by atoms with E-state index in [2.05, 4.69) is 12.1 Å². The number of rotatable bonds is 5. The van der Waals surface area contributed by atoms with E-state index in [9.17, 15) is 4.79 Å². The first-order valence-electron chi connectivity index (χ1n) is 4.90. The highest BCUT2D eigenvalue weighted by Crippen LogP contribution is 2.18. The monoisotopic (exact) mass is 208 g/mol. The number of thioether (sulfide) groups is 1. The standard InChI is InChI=1S/C12H16OS/c1-10(2)12(13)8-9-14-11-6-4-3-5-7-11/h3-7,10H,8-9H2,1-2H3. The topological polar surface area (TPSA) is 17.1 Å². The van der Waals surface area contributed by atoms with Crippen LogP contribution in [0.3, 0.4) is 0 Å². The molecule has 0 aliphatic rings. The summed E-state index contributed by atoms with van der Waals surface area (Å²) in [6.07, 6.45) is 0.678. The largest absolute Gasteiger partial charge is 0.299 e. The zero-order chi connectivity index (χ0) is 10.4. The maximum atomic E-state index is 11.3. The third kappa shape index (κ3) is 3.97. The van der Waals surface area contributed by atoms with Gasteiger partial charge in [-0.2, -0.15) is 0 Å². The molecule has 0 aliphatic carbocycles. The molecule has 0 aliphatic heterocycles. The molecule has 0 N–H and O–H groups in total. The van der Waals surface area contributed by atoms with Gasteiger partial charge in [-0.25, -0.2) is 0 Å². The number of carbonyl (C=O) groups is 1. The van der Waals surface area contributed by atoms with E-state index in [0.717, 1.165) is 5.75 Å². The van der Waals surface area contributed by atoms with Gasteiger partial charge in [0.05, 0.1) is 0 Å². The highest BCUT2D eigenvalue weighted by Gasteiger charge is 2.06. The minimum Gasteiger partial charge on any atom is -0.299 e. The van der Waals surface area contributed by atoms with Crippen LogP contribution in [0, 0.1) is 5.92 Å². The van der Waals surface area contributed by atoms with E-state index >= 15 is 0 Å². The van der Waals surface area contributed by atoms with Crippen molar-refractivity contribution in [3.63, 3.8) is 0 Å². The third-order valence-electron chi connectivity index (χ3n) is 2.00. The molecular weight excluding hydrogens is 192 g/mol. The number of ketones is 1. The van der Waals surface area contributed by atoms with Gasteiger partial charge in [-0.05, 0) is 12.1 Å². The zero-order valence-electron chi connectivity index (χ0n) is 8.69. The summed E-state index contributed by atoms with van der Waals surface area (Å²) >= 11 is 1.75. The Labute approximate surface area is 89.9 Å². The van der Waals surface area contributed by atoms with Crippen LogP contribution in [0.4, 0.5) is 0 Å². The van der Waals surface area contributed by atoms with Gasteiger partial charge in [0, 0.05) is 23.0 Å². The van der Waals surface area contributed by atoms with Crippen LogP contribution in [0.1, 0.15) is 20.3 Å². The lowest BCUT2D eigenvalue weighted by Crippen LogP contribution is -2.07. The molecule has 2 heteroatoms. The Morgan fingerprint density at radius 2 is 1.93 bits per heavy atom. The summed E-state index contributed by atoms with van der Waals surface area (Å²) in [6.45, 7) is 3.91. The molecule has 0 heterocycles. The van der Waals surface area contributed by atoms with E-state index < -0.39 is 0 Å². The molecule has 1 rings (SSSR count). The predicted molar refractivity (Wildman–Crippen MR) is 61.6 cm³/mol. The van der Waals surface area contributed by atoms with Crippen LogP contribution in [0.2, 0.25) is 0 Å². The van der Waals surface area contributed by atoms with Crippen molar-refractivity contribution in [2.75, 3.05) is 5.75 Å². The highest BCUT2D eigenvalue weighted by molar-refractivity contribution is 7.99. The molecule has 1 aromatic rings. The summed E-state index contributed by atoms with van der Waals surface area (Å²) in [4.78, 5) is 12.6. The number of hydrogen-bond acceptors (Lipinski definition) is 2. The van der Waals surface area contributed by atoms with Gasteiger partial charge in [0.1, 0.15) is 5.78 Å². The van der Waals surface area contributed by atoms with Crippen molar-refractivity contribution in [2.45, 2.75) is 25.2 Å². The number of benzene rings is 1. The SMILES string of the molecule is CC(C)C(=O)CCSc1ccccc1. The van der Waals surface area contributed by atoms with Crippen molar-refractivity contribution < 1.29 is 4.79 Å². The summed E-state index contributed by atoms with van der Waals surface area (Å²) in [5.74, 6) is 1.42. The Morgan fingerprint density at radius 1 is 1.29 bits per heavy atom. The number of Topliss-reactive ketones (excluding diaryl/α,β-unsaturated/α-hetero) is 1. The molecule has 0 amide bonds. The molecule has 1 aromatic carbocycles. The van der Waals surface area contributed by atoms with Gasteiger partial charge in [-0.1, -0.05) is 32.0 Å². The molecule has 76 valence electrons. The average Bonchev–Trinajstić information content (AvgIpc) is 2.19. The van der Waals surface area contributed by atoms with Crippen LogP contribution in [0.5, 0.6) is 0 Å². The number of carbonyl (C=O) groups excluding carboxylic acids is 1. The van der Waals surface area contributed by atoms with Gasteiger partial charge < -0.3 is 0 Å². The van der Waals surface area contributed by atoms with Gasteiger partial charge in [0.15, 0.2) is 0 Å². The van der Waals surface area contributed by atoms with Crippen LogP contribution in [0.15, 0.2) is 35.2 Å². The van der Waals surface area contributed by atoms with E-state index in [0.29, 0.717) is 12.2 Å². The van der Waals surface area contributed by atoms with Gasteiger partial charge in [0.25, 0.3) is 0 Å². The first-order chi connectivity index (χ1) is 6.70. The van der Waals surface area contributed by atoms with Gasteiger partial charge in [-0.3, -0.25) is 4.79 Å². The van der Waals surface area contributed by atoms with Crippen LogP contribution in [-0.4, -0.2) is 11.5 Å². The molecular formula is C12H16OS. The lowest BCUT2D eigenvalue weighted by molar-refractivity contribution is -0.121. The van der Waals surface area contributed by atoms with Crippen molar-refractivity contribution in [2.24, 2.45) is 5.92 Å². The van der Waals surface area contributed by atoms with Crippen molar-refractivity contribution >= 4 is 17.5 Å². The van der Waals surface area contributed by atoms with Gasteiger partial charge >= 0.3 is 0 Å². The minimum absolute atomic E-state index is 0.173. The fourth-order valence-corrected chi connectivity index (χ4v) is 1.96. The normalized spacial score (nSPS) is 10.5. The maximum absolute atomic E-state index is 11.3. The number of hydrogen-bond donors (Lipinski definition) is 0. The lowest BCUT2D eigenvalue weighted by atomic mass is 10.1. The Morgan fingerprint density at radius 3 is 2.50 bits per heavy atom. The third-order valence-corrected chi connectivity index (χ3v) is 3.02.